The van der Waals surface area contributed by atoms with Crippen LogP contribution in [0, 0.1) is 10.1 Å². The lowest BCUT2D eigenvalue weighted by Crippen LogP contribution is -2.36. The summed E-state index contributed by atoms with van der Waals surface area (Å²) in [5, 5.41) is 14.9. The van der Waals surface area contributed by atoms with E-state index in [4.69, 9.17) is 9.73 Å². The van der Waals surface area contributed by atoms with Crippen LogP contribution in [0.15, 0.2) is 71.7 Å². The second kappa shape index (κ2) is 11.9. The van der Waals surface area contributed by atoms with Gasteiger partial charge in [0.2, 0.25) is 15.9 Å². The molecule has 1 heterocycles. The lowest BCUT2D eigenvalue weighted by atomic mass is 9.90. The molecule has 3 aromatic rings. The van der Waals surface area contributed by atoms with Crippen molar-refractivity contribution < 1.29 is 27.7 Å². The predicted octanol–water partition coefficient (Wildman–Crippen LogP) is 3.57. The number of nitro groups is 1. The first-order valence-corrected chi connectivity index (χ1v) is 14.3. The third-order valence-corrected chi connectivity index (χ3v) is 7.65. The average molecular weight is 580 g/mol. The Labute approximate surface area is 237 Å². The summed E-state index contributed by atoms with van der Waals surface area (Å²) in [6, 6.07) is 17.6. The van der Waals surface area contributed by atoms with Crippen LogP contribution < -0.4 is 9.62 Å². The topological polar surface area (TPSA) is 152 Å². The van der Waals surface area contributed by atoms with E-state index in [1.807, 2.05) is 0 Å². The van der Waals surface area contributed by atoms with Gasteiger partial charge in [0.25, 0.3) is 5.69 Å². The number of nitro benzene ring substituents is 1. The molecule has 41 heavy (non-hydrogen) atoms. The third kappa shape index (κ3) is 6.42. The molecule has 12 nitrogen and oxygen atoms in total. The SMILES string of the molecule is COC(=O)c1ccc2c(c1)NC(=O)C2C(=Nc1ccc(N(CCN(C)C)S(C)(=O)=O)c([N+](=O)[O-])c1)c1ccccc1. The number of benzene rings is 3. The number of methoxy groups -OCH3 is 1. The van der Waals surface area contributed by atoms with E-state index < -0.39 is 32.5 Å². The van der Waals surface area contributed by atoms with Gasteiger partial charge in [-0.25, -0.2) is 13.2 Å². The number of hydrogen-bond acceptors (Lipinski definition) is 9. The molecule has 0 bridgehead atoms. The summed E-state index contributed by atoms with van der Waals surface area (Å²) in [5.74, 6) is -1.82. The molecule has 1 unspecified atom stereocenters. The van der Waals surface area contributed by atoms with Crippen LogP contribution in [0.25, 0.3) is 0 Å². The van der Waals surface area contributed by atoms with Gasteiger partial charge in [0, 0.05) is 24.8 Å². The summed E-state index contributed by atoms with van der Waals surface area (Å²) in [6.07, 6.45) is 0.994. The fourth-order valence-electron chi connectivity index (χ4n) is 4.52. The minimum absolute atomic E-state index is 0.0111. The van der Waals surface area contributed by atoms with Crippen molar-refractivity contribution in [3.8, 4) is 0 Å². The Bertz CT molecular complexity index is 1640. The van der Waals surface area contributed by atoms with Crippen molar-refractivity contribution in [3.63, 3.8) is 0 Å². The van der Waals surface area contributed by atoms with Crippen LogP contribution in [0.4, 0.5) is 22.7 Å². The maximum atomic E-state index is 13.2. The molecule has 0 aliphatic carbocycles. The van der Waals surface area contributed by atoms with E-state index in [1.165, 1.54) is 31.4 Å². The quantitative estimate of drug-likeness (QED) is 0.166. The number of carbonyl (C=O) groups excluding carboxylic acids is 2. The van der Waals surface area contributed by atoms with Crippen LogP contribution in [0.3, 0.4) is 0 Å². The van der Waals surface area contributed by atoms with Crippen molar-refractivity contribution in [1.29, 1.82) is 0 Å². The van der Waals surface area contributed by atoms with Crippen LogP contribution in [0.2, 0.25) is 0 Å². The molecule has 4 rings (SSSR count). The number of amides is 1. The van der Waals surface area contributed by atoms with Gasteiger partial charge in [-0.05, 0) is 49.5 Å². The molecule has 0 fully saturated rings. The number of ether oxygens (including phenoxy) is 1. The molecule has 13 heteroatoms. The van der Waals surface area contributed by atoms with E-state index in [0.29, 0.717) is 29.1 Å². The molecule has 0 radical (unpaired) electrons. The lowest BCUT2D eigenvalue weighted by molar-refractivity contribution is -0.384. The van der Waals surface area contributed by atoms with Crippen LogP contribution in [0.1, 0.15) is 27.4 Å². The highest BCUT2D eigenvalue weighted by Gasteiger charge is 2.36. The first-order chi connectivity index (χ1) is 19.4. The molecule has 1 aliphatic rings. The van der Waals surface area contributed by atoms with Crippen LogP contribution in [-0.4, -0.2) is 76.4 Å². The molecule has 0 saturated carbocycles. The standard InChI is InChI=1S/C28H29N5O7S/c1-31(2)14-15-32(41(4,38)39)23-13-11-20(17-24(23)33(36)37)29-26(18-8-6-5-7-9-18)25-21-12-10-19(28(35)40-3)16-22(21)30-27(25)34/h5-13,16-17,25H,14-15H2,1-4H3,(H,30,34). The Kier molecular flexibility index (Phi) is 8.49. The van der Waals surface area contributed by atoms with Gasteiger partial charge in [-0.3, -0.25) is 24.2 Å². The van der Waals surface area contributed by atoms with E-state index in [9.17, 15) is 28.1 Å². The predicted molar refractivity (Wildman–Crippen MR) is 156 cm³/mol. The average Bonchev–Trinajstić information content (AvgIpc) is 3.25. The van der Waals surface area contributed by atoms with Gasteiger partial charge in [-0.1, -0.05) is 36.4 Å². The number of fused-ring (bicyclic) bond motifs is 1. The molecular weight excluding hydrogens is 550 g/mol. The van der Waals surface area contributed by atoms with Crippen molar-refractivity contribution in [3.05, 3.63) is 93.5 Å². The number of rotatable bonds is 10. The van der Waals surface area contributed by atoms with Gasteiger partial charge >= 0.3 is 5.97 Å². The number of aliphatic imine (C=N–C) groups is 1. The molecule has 1 N–H and O–H groups in total. The zero-order valence-corrected chi connectivity index (χ0v) is 23.7. The van der Waals surface area contributed by atoms with E-state index in [-0.39, 0.29) is 29.4 Å². The third-order valence-electron chi connectivity index (χ3n) is 6.47. The smallest absolute Gasteiger partial charge is 0.337 e. The molecule has 3 aromatic carbocycles. The summed E-state index contributed by atoms with van der Waals surface area (Å²) >= 11 is 0. The number of anilines is 2. The molecule has 0 spiro atoms. The molecule has 1 aliphatic heterocycles. The molecule has 0 saturated heterocycles. The Hall–Kier alpha value is -4.62. The summed E-state index contributed by atoms with van der Waals surface area (Å²) in [6.45, 7) is 0.354. The zero-order valence-electron chi connectivity index (χ0n) is 22.9. The van der Waals surface area contributed by atoms with Crippen LogP contribution >= 0.6 is 0 Å². The van der Waals surface area contributed by atoms with Crippen molar-refractivity contribution >= 4 is 50.4 Å². The van der Waals surface area contributed by atoms with Gasteiger partial charge in [0.15, 0.2) is 0 Å². The van der Waals surface area contributed by atoms with Gasteiger partial charge in [0.1, 0.15) is 11.6 Å². The van der Waals surface area contributed by atoms with Crippen molar-refractivity contribution in [2.75, 3.05) is 50.2 Å². The Morgan fingerprint density at radius 1 is 1.05 bits per heavy atom. The van der Waals surface area contributed by atoms with E-state index in [1.54, 1.807) is 61.5 Å². The van der Waals surface area contributed by atoms with E-state index in [0.717, 1.165) is 10.6 Å². The second-order valence-corrected chi connectivity index (χ2v) is 11.6. The first kappa shape index (κ1) is 29.4. The van der Waals surface area contributed by atoms with Crippen molar-refractivity contribution in [1.82, 2.24) is 4.90 Å². The number of likely N-dealkylation sites (N-methyl/N-ethyl adjacent to an activating group) is 1. The highest BCUT2D eigenvalue weighted by Crippen LogP contribution is 2.39. The zero-order chi connectivity index (χ0) is 29.9. The number of esters is 1. The summed E-state index contributed by atoms with van der Waals surface area (Å²) < 4.78 is 30.9. The Morgan fingerprint density at radius 3 is 2.37 bits per heavy atom. The molecular formula is C28H29N5O7S. The number of carbonyl (C=O) groups is 2. The minimum atomic E-state index is -3.83. The highest BCUT2D eigenvalue weighted by molar-refractivity contribution is 7.92. The summed E-state index contributed by atoms with van der Waals surface area (Å²) in [5.41, 5.74) is 1.82. The van der Waals surface area contributed by atoms with Crippen molar-refractivity contribution in [2.45, 2.75) is 5.92 Å². The molecule has 1 atom stereocenters. The van der Waals surface area contributed by atoms with E-state index >= 15 is 0 Å². The second-order valence-electron chi connectivity index (χ2n) is 9.65. The Morgan fingerprint density at radius 2 is 1.76 bits per heavy atom. The molecule has 1 amide bonds. The minimum Gasteiger partial charge on any atom is -0.465 e. The number of nitrogens with zero attached hydrogens (tertiary/aromatic N) is 4. The van der Waals surface area contributed by atoms with Gasteiger partial charge in [0.05, 0.1) is 35.3 Å². The normalized spacial score (nSPS) is 14.9. The van der Waals surface area contributed by atoms with Crippen LogP contribution in [-0.2, 0) is 19.6 Å². The van der Waals surface area contributed by atoms with Crippen LogP contribution in [0.5, 0.6) is 0 Å². The van der Waals surface area contributed by atoms with Crippen molar-refractivity contribution in [2.24, 2.45) is 4.99 Å². The first-order valence-electron chi connectivity index (χ1n) is 12.5. The largest absolute Gasteiger partial charge is 0.465 e. The number of nitrogens with one attached hydrogen (secondary N) is 1. The summed E-state index contributed by atoms with van der Waals surface area (Å²) in [4.78, 5) is 43.2. The monoisotopic (exact) mass is 579 g/mol. The fraction of sp³-hybridized carbons (Fsp3) is 0.250. The van der Waals surface area contributed by atoms with Gasteiger partial charge in [-0.2, -0.15) is 0 Å². The number of hydrogen-bond donors (Lipinski definition) is 1. The lowest BCUT2D eigenvalue weighted by Gasteiger charge is -2.24. The molecule has 0 aromatic heterocycles. The van der Waals surface area contributed by atoms with Gasteiger partial charge in [-0.15, -0.1) is 0 Å². The summed E-state index contributed by atoms with van der Waals surface area (Å²) in [7, 11) is 0.968. The number of sulfonamides is 1. The maximum Gasteiger partial charge on any atom is 0.337 e. The Balaban J connectivity index is 1.85. The van der Waals surface area contributed by atoms with E-state index in [2.05, 4.69) is 5.32 Å². The molecule has 214 valence electrons. The fourth-order valence-corrected chi connectivity index (χ4v) is 5.44. The highest BCUT2D eigenvalue weighted by atomic mass is 32.2. The van der Waals surface area contributed by atoms with Gasteiger partial charge < -0.3 is 15.0 Å². The maximum absolute atomic E-state index is 13.2.